The van der Waals surface area contributed by atoms with Gasteiger partial charge in [-0.05, 0) is 25.1 Å². The molecule has 2 amide bonds. The summed E-state index contributed by atoms with van der Waals surface area (Å²) in [6.45, 7) is 1.83. The average molecular weight is 280 g/mol. The highest BCUT2D eigenvalue weighted by Crippen LogP contribution is 2.15. The van der Waals surface area contributed by atoms with Crippen molar-refractivity contribution in [3.05, 3.63) is 41.4 Å². The molecule has 0 fully saturated rings. The van der Waals surface area contributed by atoms with Gasteiger partial charge in [-0.2, -0.15) is 0 Å². The van der Waals surface area contributed by atoms with E-state index in [1.165, 1.54) is 0 Å². The summed E-state index contributed by atoms with van der Waals surface area (Å²) in [6.07, 6.45) is 1.59. The smallest absolute Gasteiger partial charge is 0.319 e. The maximum absolute atomic E-state index is 11.8. The molecule has 0 aliphatic heterocycles. The molecule has 0 aliphatic rings. The highest BCUT2D eigenvalue weighted by molar-refractivity contribution is 6.30. The van der Waals surface area contributed by atoms with Crippen LogP contribution < -0.4 is 10.6 Å². The molecule has 0 saturated carbocycles. The molecule has 100 valence electrons. The van der Waals surface area contributed by atoms with Gasteiger partial charge in [0, 0.05) is 17.8 Å². The van der Waals surface area contributed by atoms with E-state index in [0.717, 1.165) is 0 Å². The maximum atomic E-state index is 11.8. The van der Waals surface area contributed by atoms with Gasteiger partial charge < -0.3 is 15.2 Å². The molecule has 19 heavy (non-hydrogen) atoms. The molecule has 1 heterocycles. The van der Waals surface area contributed by atoms with Crippen LogP contribution in [0.2, 0.25) is 5.02 Å². The molecule has 0 bridgehead atoms. The number of hydrogen-bond acceptors (Lipinski definition) is 3. The molecule has 2 N–H and O–H groups in total. The number of anilines is 1. The zero-order chi connectivity index (χ0) is 13.8. The summed E-state index contributed by atoms with van der Waals surface area (Å²) in [5.41, 5.74) is 0.634. The number of halogens is 1. The molecule has 0 radical (unpaired) electrons. The SMILES string of the molecule is C[C@H](NC(=O)Nc1cccc(Cl)c1)c1nncn1C. The van der Waals surface area contributed by atoms with Crippen LogP contribution in [0, 0.1) is 0 Å². The van der Waals surface area contributed by atoms with Crippen LogP contribution in [0.15, 0.2) is 30.6 Å². The Morgan fingerprint density at radius 3 is 2.89 bits per heavy atom. The predicted octanol–water partition coefficient (Wildman–Crippen LogP) is 2.35. The zero-order valence-corrected chi connectivity index (χ0v) is 11.3. The minimum Gasteiger partial charge on any atom is -0.328 e. The van der Waals surface area contributed by atoms with Crippen LogP contribution in [0.5, 0.6) is 0 Å². The van der Waals surface area contributed by atoms with E-state index in [2.05, 4.69) is 20.8 Å². The molecule has 1 aromatic carbocycles. The third kappa shape index (κ3) is 3.45. The molecule has 0 saturated heterocycles. The van der Waals surface area contributed by atoms with Crippen molar-refractivity contribution >= 4 is 23.3 Å². The number of carbonyl (C=O) groups is 1. The molecule has 1 atom stereocenters. The minimum atomic E-state index is -0.322. The van der Waals surface area contributed by atoms with Crippen molar-refractivity contribution < 1.29 is 4.79 Å². The normalized spacial score (nSPS) is 11.9. The highest BCUT2D eigenvalue weighted by atomic mass is 35.5. The van der Waals surface area contributed by atoms with Crippen LogP contribution in [0.3, 0.4) is 0 Å². The number of nitrogens with zero attached hydrogens (tertiary/aromatic N) is 3. The first kappa shape index (κ1) is 13.4. The first-order chi connectivity index (χ1) is 9.06. The summed E-state index contributed by atoms with van der Waals surface area (Å²) in [6, 6.07) is 6.38. The zero-order valence-electron chi connectivity index (χ0n) is 10.6. The molecular weight excluding hydrogens is 266 g/mol. The van der Waals surface area contributed by atoms with Gasteiger partial charge >= 0.3 is 6.03 Å². The lowest BCUT2D eigenvalue weighted by Crippen LogP contribution is -2.32. The van der Waals surface area contributed by atoms with Gasteiger partial charge in [0.1, 0.15) is 6.33 Å². The Bertz CT molecular complexity index is 583. The Kier molecular flexibility index (Phi) is 4.01. The number of benzene rings is 1. The molecule has 2 aromatic rings. The van der Waals surface area contributed by atoms with Crippen molar-refractivity contribution in [3.63, 3.8) is 0 Å². The monoisotopic (exact) mass is 279 g/mol. The summed E-state index contributed by atoms with van der Waals surface area (Å²) in [5, 5.41) is 13.8. The molecular formula is C12H14ClN5O. The summed E-state index contributed by atoms with van der Waals surface area (Å²) in [4.78, 5) is 11.8. The average Bonchev–Trinajstić information content (AvgIpc) is 2.75. The van der Waals surface area contributed by atoms with Crippen LogP contribution in [-0.4, -0.2) is 20.8 Å². The van der Waals surface area contributed by atoms with Crippen LogP contribution in [0.1, 0.15) is 18.8 Å². The van der Waals surface area contributed by atoms with Crippen LogP contribution in [0.25, 0.3) is 0 Å². The van der Waals surface area contributed by atoms with E-state index in [1.54, 1.807) is 35.2 Å². The molecule has 7 heteroatoms. The largest absolute Gasteiger partial charge is 0.328 e. The summed E-state index contributed by atoms with van der Waals surface area (Å²) in [7, 11) is 1.82. The van der Waals surface area contributed by atoms with Crippen LogP contribution in [0.4, 0.5) is 10.5 Å². The van der Waals surface area contributed by atoms with Gasteiger partial charge in [-0.15, -0.1) is 10.2 Å². The van der Waals surface area contributed by atoms with E-state index in [0.29, 0.717) is 16.5 Å². The van der Waals surface area contributed by atoms with Crippen molar-refractivity contribution in [1.29, 1.82) is 0 Å². The predicted molar refractivity (Wildman–Crippen MR) is 73.0 cm³/mol. The van der Waals surface area contributed by atoms with E-state index in [1.807, 2.05) is 14.0 Å². The molecule has 0 aliphatic carbocycles. The van der Waals surface area contributed by atoms with Gasteiger partial charge in [0.25, 0.3) is 0 Å². The second-order valence-electron chi connectivity index (χ2n) is 4.13. The maximum Gasteiger partial charge on any atom is 0.319 e. The quantitative estimate of drug-likeness (QED) is 0.906. The molecule has 0 spiro atoms. The number of carbonyl (C=O) groups excluding carboxylic acids is 1. The Balaban J connectivity index is 1.96. The lowest BCUT2D eigenvalue weighted by Gasteiger charge is -2.13. The summed E-state index contributed by atoms with van der Waals surface area (Å²) in [5.74, 6) is 0.682. The fourth-order valence-corrected chi connectivity index (χ4v) is 1.87. The molecule has 1 aromatic heterocycles. The highest BCUT2D eigenvalue weighted by Gasteiger charge is 2.14. The topological polar surface area (TPSA) is 71.8 Å². The van der Waals surface area contributed by atoms with Gasteiger partial charge in [-0.3, -0.25) is 0 Å². The number of urea groups is 1. The van der Waals surface area contributed by atoms with E-state index < -0.39 is 0 Å². The van der Waals surface area contributed by atoms with Crippen molar-refractivity contribution in [2.75, 3.05) is 5.32 Å². The number of hydrogen-bond donors (Lipinski definition) is 2. The standard InChI is InChI=1S/C12H14ClN5O/c1-8(11-17-14-7-18(11)2)15-12(19)16-10-5-3-4-9(13)6-10/h3-8H,1-2H3,(H2,15,16,19)/t8-/m0/s1. The van der Waals surface area contributed by atoms with Crippen molar-refractivity contribution in [1.82, 2.24) is 20.1 Å². The first-order valence-corrected chi connectivity index (χ1v) is 6.11. The van der Waals surface area contributed by atoms with E-state index in [-0.39, 0.29) is 12.1 Å². The van der Waals surface area contributed by atoms with E-state index in [4.69, 9.17) is 11.6 Å². The Morgan fingerprint density at radius 1 is 1.47 bits per heavy atom. The Morgan fingerprint density at radius 2 is 2.26 bits per heavy atom. The van der Waals surface area contributed by atoms with Gasteiger partial charge in [0.2, 0.25) is 0 Å². The molecule has 6 nitrogen and oxygen atoms in total. The number of aryl methyl sites for hydroxylation is 1. The van der Waals surface area contributed by atoms with Gasteiger partial charge in [-0.1, -0.05) is 17.7 Å². The van der Waals surface area contributed by atoms with Gasteiger partial charge in [-0.25, -0.2) is 4.79 Å². The number of nitrogens with one attached hydrogen (secondary N) is 2. The van der Waals surface area contributed by atoms with Gasteiger partial charge in [0.05, 0.1) is 6.04 Å². The minimum absolute atomic E-state index is 0.244. The summed E-state index contributed by atoms with van der Waals surface area (Å²) >= 11 is 5.84. The third-order valence-electron chi connectivity index (χ3n) is 2.56. The second-order valence-corrected chi connectivity index (χ2v) is 4.57. The number of aromatic nitrogens is 3. The fraction of sp³-hybridized carbons (Fsp3) is 0.250. The summed E-state index contributed by atoms with van der Waals surface area (Å²) < 4.78 is 1.75. The van der Waals surface area contributed by atoms with E-state index >= 15 is 0 Å². The van der Waals surface area contributed by atoms with Crippen molar-refractivity contribution in [2.24, 2.45) is 7.05 Å². The van der Waals surface area contributed by atoms with Crippen molar-refractivity contribution in [3.8, 4) is 0 Å². The van der Waals surface area contributed by atoms with Crippen molar-refractivity contribution in [2.45, 2.75) is 13.0 Å². The first-order valence-electron chi connectivity index (χ1n) is 5.73. The van der Waals surface area contributed by atoms with Crippen LogP contribution >= 0.6 is 11.6 Å². The lowest BCUT2D eigenvalue weighted by molar-refractivity contribution is 0.248. The molecule has 2 rings (SSSR count). The number of amides is 2. The fourth-order valence-electron chi connectivity index (χ4n) is 1.68. The molecule has 0 unspecified atom stereocenters. The second kappa shape index (κ2) is 5.71. The van der Waals surface area contributed by atoms with Crippen LogP contribution in [-0.2, 0) is 7.05 Å². The number of rotatable bonds is 3. The van der Waals surface area contributed by atoms with Gasteiger partial charge in [0.15, 0.2) is 5.82 Å². The van der Waals surface area contributed by atoms with E-state index in [9.17, 15) is 4.79 Å². The Hall–Kier alpha value is -2.08. The third-order valence-corrected chi connectivity index (χ3v) is 2.80. The Labute approximate surface area is 115 Å². The lowest BCUT2D eigenvalue weighted by atomic mass is 10.3.